The fraction of sp³-hybridized carbons (Fsp3) is 0.455. The molecule has 1 fully saturated rings. The van der Waals surface area contributed by atoms with Crippen LogP contribution in [0.3, 0.4) is 0 Å². The third-order valence-corrected chi connectivity index (χ3v) is 5.56. The fourth-order valence-electron chi connectivity index (χ4n) is 3.94. The molecule has 1 aliphatic rings. The highest BCUT2D eigenvalue weighted by atomic mass is 16.3. The lowest BCUT2D eigenvalue weighted by atomic mass is 9.91. The average Bonchev–Trinajstić information content (AvgIpc) is 2.93. The second-order valence-corrected chi connectivity index (χ2v) is 7.52. The Morgan fingerprint density at radius 3 is 2.41 bits per heavy atom. The summed E-state index contributed by atoms with van der Waals surface area (Å²) in [5, 5.41) is 16.2. The molecule has 2 amide bonds. The van der Waals surface area contributed by atoms with Gasteiger partial charge >= 0.3 is 6.03 Å². The Labute approximate surface area is 161 Å². The van der Waals surface area contributed by atoms with Crippen LogP contribution in [0.5, 0.6) is 0 Å². The van der Waals surface area contributed by atoms with Crippen LogP contribution in [0.1, 0.15) is 61.3 Å². The van der Waals surface area contributed by atoms with Gasteiger partial charge in [-0.3, -0.25) is 4.98 Å². The Bertz CT molecular complexity index is 740. The second-order valence-electron chi connectivity index (χ2n) is 7.52. The fourth-order valence-corrected chi connectivity index (χ4v) is 3.94. The van der Waals surface area contributed by atoms with Crippen molar-refractivity contribution in [2.75, 3.05) is 6.61 Å². The number of carbonyl (C=O) groups excluding carboxylic acids is 1. The van der Waals surface area contributed by atoms with Crippen LogP contribution < -0.4 is 10.6 Å². The molecule has 5 heteroatoms. The standard InChI is InChI=1S/C22H29N3O2/c1-17-8-4-5-9-19(17)20(18-10-14-23-15-11-18)24-21(27)25-22(16-26)12-6-2-3-7-13-22/h4-5,8-11,14-15,20,26H,2-3,6-7,12-13,16H2,1H3,(H2,24,25,27)/t20-/m1/s1. The molecule has 1 saturated carbocycles. The number of benzene rings is 1. The molecule has 0 bridgehead atoms. The molecule has 1 aromatic carbocycles. The second kappa shape index (κ2) is 9.00. The van der Waals surface area contributed by atoms with Crippen LogP contribution in [-0.2, 0) is 0 Å². The number of hydrogen-bond acceptors (Lipinski definition) is 3. The first-order chi connectivity index (χ1) is 13.1. The summed E-state index contributed by atoms with van der Waals surface area (Å²) in [6, 6.07) is 11.4. The van der Waals surface area contributed by atoms with Crippen molar-refractivity contribution in [3.8, 4) is 0 Å². The van der Waals surface area contributed by atoms with E-state index in [1.54, 1.807) is 12.4 Å². The average molecular weight is 367 g/mol. The zero-order valence-electron chi connectivity index (χ0n) is 15.9. The van der Waals surface area contributed by atoms with Crippen molar-refractivity contribution in [1.82, 2.24) is 15.6 Å². The number of nitrogens with one attached hydrogen (secondary N) is 2. The summed E-state index contributed by atoms with van der Waals surface area (Å²) in [5.41, 5.74) is 2.63. The molecule has 0 spiro atoms. The lowest BCUT2D eigenvalue weighted by Crippen LogP contribution is -2.54. The van der Waals surface area contributed by atoms with Gasteiger partial charge in [0.1, 0.15) is 0 Å². The van der Waals surface area contributed by atoms with E-state index in [2.05, 4.69) is 15.6 Å². The van der Waals surface area contributed by atoms with Crippen LogP contribution in [0.4, 0.5) is 4.79 Å². The van der Waals surface area contributed by atoms with E-state index >= 15 is 0 Å². The SMILES string of the molecule is Cc1ccccc1[C@H](NC(=O)NC1(CO)CCCCCC1)c1ccncc1. The van der Waals surface area contributed by atoms with Gasteiger partial charge in [0.25, 0.3) is 0 Å². The Hall–Kier alpha value is -2.40. The van der Waals surface area contributed by atoms with Crippen molar-refractivity contribution >= 4 is 6.03 Å². The van der Waals surface area contributed by atoms with Crippen molar-refractivity contribution < 1.29 is 9.90 Å². The summed E-state index contributed by atoms with van der Waals surface area (Å²) in [7, 11) is 0. The molecule has 1 aliphatic carbocycles. The van der Waals surface area contributed by atoms with Crippen molar-refractivity contribution in [1.29, 1.82) is 0 Å². The van der Waals surface area contributed by atoms with E-state index in [1.807, 2.05) is 43.3 Å². The van der Waals surface area contributed by atoms with Gasteiger partial charge in [0.2, 0.25) is 0 Å². The molecule has 1 aromatic heterocycles. The van der Waals surface area contributed by atoms with Gasteiger partial charge in [-0.2, -0.15) is 0 Å². The first-order valence-electron chi connectivity index (χ1n) is 9.78. The minimum Gasteiger partial charge on any atom is -0.394 e. The topological polar surface area (TPSA) is 74.2 Å². The summed E-state index contributed by atoms with van der Waals surface area (Å²) in [4.78, 5) is 17.0. The smallest absolute Gasteiger partial charge is 0.316 e. The van der Waals surface area contributed by atoms with E-state index in [1.165, 1.54) is 0 Å². The number of rotatable bonds is 5. The predicted octanol–water partition coefficient (Wildman–Crippen LogP) is 3.86. The maximum absolute atomic E-state index is 12.9. The quantitative estimate of drug-likeness (QED) is 0.703. The summed E-state index contributed by atoms with van der Waals surface area (Å²) in [5.74, 6) is 0. The largest absolute Gasteiger partial charge is 0.394 e. The van der Waals surface area contributed by atoms with Crippen LogP contribution in [0, 0.1) is 6.92 Å². The van der Waals surface area contributed by atoms with E-state index in [9.17, 15) is 9.90 Å². The number of pyridine rings is 1. The highest BCUT2D eigenvalue weighted by Crippen LogP contribution is 2.28. The van der Waals surface area contributed by atoms with Crippen LogP contribution in [0.2, 0.25) is 0 Å². The highest BCUT2D eigenvalue weighted by Gasteiger charge is 2.32. The van der Waals surface area contributed by atoms with Crippen LogP contribution in [0.25, 0.3) is 0 Å². The lowest BCUT2D eigenvalue weighted by molar-refractivity contribution is 0.145. The van der Waals surface area contributed by atoms with Crippen molar-refractivity contribution in [2.24, 2.45) is 0 Å². The molecule has 0 unspecified atom stereocenters. The van der Waals surface area contributed by atoms with Crippen molar-refractivity contribution in [3.63, 3.8) is 0 Å². The maximum Gasteiger partial charge on any atom is 0.316 e. The number of aliphatic hydroxyl groups is 1. The summed E-state index contributed by atoms with van der Waals surface area (Å²) in [6.45, 7) is 2.02. The van der Waals surface area contributed by atoms with Crippen LogP contribution in [-0.4, -0.2) is 28.3 Å². The molecule has 0 radical (unpaired) electrons. The number of urea groups is 1. The number of aryl methyl sites for hydroxylation is 1. The molecule has 3 rings (SSSR count). The molecule has 27 heavy (non-hydrogen) atoms. The van der Waals surface area contributed by atoms with Gasteiger partial charge in [-0.1, -0.05) is 49.9 Å². The minimum atomic E-state index is -0.519. The first-order valence-corrected chi connectivity index (χ1v) is 9.78. The number of amides is 2. The van der Waals surface area contributed by atoms with E-state index in [0.29, 0.717) is 0 Å². The van der Waals surface area contributed by atoms with Gasteiger partial charge in [0.05, 0.1) is 18.2 Å². The predicted molar refractivity (Wildman–Crippen MR) is 106 cm³/mol. The minimum absolute atomic E-state index is 0.0231. The number of hydrogen-bond donors (Lipinski definition) is 3. The maximum atomic E-state index is 12.9. The molecule has 3 N–H and O–H groups in total. The highest BCUT2D eigenvalue weighted by molar-refractivity contribution is 5.76. The van der Waals surface area contributed by atoms with Crippen LogP contribution in [0.15, 0.2) is 48.8 Å². The van der Waals surface area contributed by atoms with Crippen molar-refractivity contribution in [3.05, 3.63) is 65.5 Å². The van der Waals surface area contributed by atoms with Crippen molar-refractivity contribution in [2.45, 2.75) is 57.0 Å². The number of carbonyl (C=O) groups is 1. The molecular formula is C22H29N3O2. The third-order valence-electron chi connectivity index (χ3n) is 5.56. The Morgan fingerprint density at radius 2 is 1.78 bits per heavy atom. The number of aliphatic hydroxyl groups excluding tert-OH is 1. The molecular weight excluding hydrogens is 338 g/mol. The molecule has 2 aromatic rings. The summed E-state index contributed by atoms with van der Waals surface area (Å²) in [6.07, 6.45) is 9.50. The lowest BCUT2D eigenvalue weighted by Gasteiger charge is -2.33. The number of aromatic nitrogens is 1. The first kappa shape index (κ1) is 19.4. The van der Waals surface area contributed by atoms with E-state index < -0.39 is 5.54 Å². The molecule has 0 aliphatic heterocycles. The van der Waals surface area contributed by atoms with Gasteiger partial charge in [-0.15, -0.1) is 0 Å². The molecule has 5 nitrogen and oxygen atoms in total. The third kappa shape index (κ3) is 4.86. The molecule has 0 saturated heterocycles. The number of nitrogens with zero attached hydrogens (tertiary/aromatic N) is 1. The van der Waals surface area contributed by atoms with Crippen LogP contribution >= 0.6 is 0 Å². The Kier molecular flexibility index (Phi) is 6.45. The van der Waals surface area contributed by atoms with Gasteiger partial charge in [0, 0.05) is 12.4 Å². The Morgan fingerprint density at radius 1 is 1.11 bits per heavy atom. The van der Waals surface area contributed by atoms with E-state index in [4.69, 9.17) is 0 Å². The monoisotopic (exact) mass is 367 g/mol. The molecule has 1 atom stereocenters. The van der Waals surface area contributed by atoms with E-state index in [-0.39, 0.29) is 18.7 Å². The Balaban J connectivity index is 1.81. The zero-order valence-corrected chi connectivity index (χ0v) is 15.9. The zero-order chi connectivity index (χ0) is 19.1. The molecule has 1 heterocycles. The van der Waals surface area contributed by atoms with E-state index in [0.717, 1.165) is 55.2 Å². The summed E-state index contributed by atoms with van der Waals surface area (Å²) >= 11 is 0. The van der Waals surface area contributed by atoms with Gasteiger partial charge in [0.15, 0.2) is 0 Å². The normalized spacial score (nSPS) is 17.6. The van der Waals surface area contributed by atoms with Gasteiger partial charge in [-0.05, 0) is 48.6 Å². The van der Waals surface area contributed by atoms with Gasteiger partial charge in [-0.25, -0.2) is 4.79 Å². The summed E-state index contributed by atoms with van der Waals surface area (Å²) < 4.78 is 0. The van der Waals surface area contributed by atoms with Gasteiger partial charge < -0.3 is 15.7 Å². The molecule has 144 valence electrons.